The quantitative estimate of drug-likeness (QED) is 0.324. The van der Waals surface area contributed by atoms with Gasteiger partial charge in [-0.05, 0) is 54.4 Å². The lowest BCUT2D eigenvalue weighted by Crippen LogP contribution is -2.53. The van der Waals surface area contributed by atoms with Crippen molar-refractivity contribution in [1.29, 1.82) is 0 Å². The third kappa shape index (κ3) is 4.57. The van der Waals surface area contributed by atoms with Gasteiger partial charge in [0.1, 0.15) is 22.3 Å². The number of anilines is 1. The highest BCUT2D eigenvalue weighted by Gasteiger charge is 2.34. The van der Waals surface area contributed by atoms with Crippen LogP contribution in [-0.4, -0.2) is 40.1 Å². The zero-order chi connectivity index (χ0) is 26.3. The highest BCUT2D eigenvalue weighted by Crippen LogP contribution is 2.37. The first-order chi connectivity index (χ1) is 17.8. The Kier molecular flexibility index (Phi) is 6.67. The standard InChI is InChI=1S/C28H24ClF2N5O/c1-17-16-35(27-24(29)28(37)34(3)22-12-13-23(32-2)33-25(22)27)14-15-36(17)26(18-4-8-20(30)9-5-18)19-6-10-21(31)11-7-19/h4-13,17,26H,14-16H2,1,3H3/t17-/m0/s1. The van der Waals surface area contributed by atoms with Crippen molar-refractivity contribution in [3.8, 4) is 0 Å². The molecule has 1 atom stereocenters. The van der Waals surface area contributed by atoms with Crippen LogP contribution in [0.2, 0.25) is 5.02 Å². The Bertz CT molecular complexity index is 1520. The number of rotatable bonds is 4. The van der Waals surface area contributed by atoms with Crippen molar-refractivity contribution in [2.75, 3.05) is 24.5 Å². The predicted molar refractivity (Wildman–Crippen MR) is 141 cm³/mol. The van der Waals surface area contributed by atoms with E-state index in [9.17, 15) is 13.6 Å². The van der Waals surface area contributed by atoms with Crippen LogP contribution in [0.15, 0.2) is 65.5 Å². The summed E-state index contributed by atoms with van der Waals surface area (Å²) in [6.07, 6.45) is 0. The molecule has 1 fully saturated rings. The molecule has 0 unspecified atom stereocenters. The highest BCUT2D eigenvalue weighted by molar-refractivity contribution is 6.34. The third-order valence-corrected chi connectivity index (χ3v) is 7.30. The first-order valence-corrected chi connectivity index (χ1v) is 12.2. The largest absolute Gasteiger partial charge is 0.364 e. The van der Waals surface area contributed by atoms with E-state index >= 15 is 0 Å². The van der Waals surface area contributed by atoms with Crippen LogP contribution < -0.4 is 10.5 Å². The molecule has 1 aliphatic heterocycles. The van der Waals surface area contributed by atoms with E-state index < -0.39 is 0 Å². The average Bonchev–Trinajstić information content (AvgIpc) is 2.90. The van der Waals surface area contributed by atoms with E-state index in [1.807, 2.05) is 4.90 Å². The SMILES string of the molecule is [C-]#[N+]c1ccc2c(n1)c(N1CCN(C(c3ccc(F)cc3)c3ccc(F)cc3)[C@@H](C)C1)c(Cl)c(=O)n2C. The minimum Gasteiger partial charge on any atom is -0.364 e. The molecule has 1 aliphatic rings. The number of benzene rings is 2. The molecule has 0 bridgehead atoms. The van der Waals surface area contributed by atoms with Crippen molar-refractivity contribution in [3.05, 3.63) is 110 Å². The molecule has 0 amide bonds. The maximum Gasteiger partial charge on any atom is 0.271 e. The van der Waals surface area contributed by atoms with Crippen molar-refractivity contribution in [1.82, 2.24) is 14.5 Å². The van der Waals surface area contributed by atoms with Gasteiger partial charge in [0.2, 0.25) is 5.52 Å². The van der Waals surface area contributed by atoms with Crippen LogP contribution in [0.5, 0.6) is 0 Å². The van der Waals surface area contributed by atoms with Crippen LogP contribution in [0.4, 0.5) is 20.3 Å². The molecule has 2 aromatic heterocycles. The summed E-state index contributed by atoms with van der Waals surface area (Å²) >= 11 is 6.60. The van der Waals surface area contributed by atoms with Gasteiger partial charge in [0.05, 0.1) is 11.6 Å². The molecule has 6 nitrogen and oxygen atoms in total. The van der Waals surface area contributed by atoms with Crippen molar-refractivity contribution < 1.29 is 8.78 Å². The molecule has 5 rings (SSSR count). The Hall–Kier alpha value is -3.80. The first-order valence-electron chi connectivity index (χ1n) is 11.9. The Morgan fingerprint density at radius 3 is 2.14 bits per heavy atom. The Balaban J connectivity index is 1.54. The summed E-state index contributed by atoms with van der Waals surface area (Å²) < 4.78 is 28.9. The zero-order valence-corrected chi connectivity index (χ0v) is 21.1. The van der Waals surface area contributed by atoms with E-state index in [-0.39, 0.29) is 40.1 Å². The van der Waals surface area contributed by atoms with E-state index in [0.717, 1.165) is 11.1 Å². The minimum atomic E-state index is -0.327. The lowest BCUT2D eigenvalue weighted by atomic mass is 9.94. The van der Waals surface area contributed by atoms with Crippen molar-refractivity contribution in [2.45, 2.75) is 19.0 Å². The molecule has 2 aromatic carbocycles. The van der Waals surface area contributed by atoms with Gasteiger partial charge in [0.15, 0.2) is 0 Å². The van der Waals surface area contributed by atoms with Gasteiger partial charge in [-0.25, -0.2) is 8.78 Å². The van der Waals surface area contributed by atoms with E-state index in [0.29, 0.717) is 36.4 Å². The van der Waals surface area contributed by atoms with E-state index in [1.165, 1.54) is 28.8 Å². The van der Waals surface area contributed by atoms with Gasteiger partial charge in [-0.3, -0.25) is 9.69 Å². The van der Waals surface area contributed by atoms with Crippen LogP contribution in [0.1, 0.15) is 24.1 Å². The number of aryl methyl sites for hydroxylation is 1. The van der Waals surface area contributed by atoms with Crippen molar-refractivity contribution in [3.63, 3.8) is 0 Å². The molecule has 9 heteroatoms. The van der Waals surface area contributed by atoms with E-state index in [4.69, 9.17) is 18.2 Å². The summed E-state index contributed by atoms with van der Waals surface area (Å²) in [6.45, 7) is 11.1. The zero-order valence-electron chi connectivity index (χ0n) is 20.3. The lowest BCUT2D eigenvalue weighted by Gasteiger charge is -2.45. The number of fused-ring (bicyclic) bond motifs is 1. The molecule has 188 valence electrons. The molecule has 37 heavy (non-hydrogen) atoms. The topological polar surface area (TPSA) is 45.7 Å². The summed E-state index contributed by atoms with van der Waals surface area (Å²) in [5.41, 5.74) is 3.10. The summed E-state index contributed by atoms with van der Waals surface area (Å²) in [5.74, 6) is -0.418. The second-order valence-corrected chi connectivity index (χ2v) is 9.59. The van der Waals surface area contributed by atoms with Gasteiger partial charge in [0, 0.05) is 32.7 Å². The molecule has 0 aliphatic carbocycles. The Labute approximate surface area is 218 Å². The molecular formula is C28H24ClF2N5O. The van der Waals surface area contributed by atoms with Gasteiger partial charge < -0.3 is 14.3 Å². The number of nitrogens with zero attached hydrogens (tertiary/aromatic N) is 5. The molecule has 1 saturated heterocycles. The minimum absolute atomic E-state index is 0.0203. The smallest absolute Gasteiger partial charge is 0.271 e. The number of piperazine rings is 1. The molecule has 0 saturated carbocycles. The fraction of sp³-hybridized carbons (Fsp3) is 0.250. The van der Waals surface area contributed by atoms with Crippen LogP contribution >= 0.6 is 11.6 Å². The molecule has 0 radical (unpaired) electrons. The normalized spacial score (nSPS) is 16.4. The first kappa shape index (κ1) is 24.9. The predicted octanol–water partition coefficient (Wildman–Crippen LogP) is 5.72. The summed E-state index contributed by atoms with van der Waals surface area (Å²) in [6, 6.07) is 15.8. The van der Waals surface area contributed by atoms with Crippen LogP contribution in [-0.2, 0) is 7.05 Å². The van der Waals surface area contributed by atoms with Gasteiger partial charge in [-0.1, -0.05) is 42.4 Å². The van der Waals surface area contributed by atoms with Crippen molar-refractivity contribution in [2.24, 2.45) is 7.05 Å². The molecule has 4 aromatic rings. The maximum atomic E-state index is 13.7. The maximum absolute atomic E-state index is 13.7. The second-order valence-electron chi connectivity index (χ2n) is 9.21. The molecule has 0 N–H and O–H groups in total. The monoisotopic (exact) mass is 519 g/mol. The van der Waals surface area contributed by atoms with Gasteiger partial charge >= 0.3 is 0 Å². The molecule has 0 spiro atoms. The van der Waals surface area contributed by atoms with E-state index in [1.54, 1.807) is 43.4 Å². The number of hydrogen-bond acceptors (Lipinski definition) is 4. The molecular weight excluding hydrogens is 496 g/mol. The second kappa shape index (κ2) is 9.92. The summed E-state index contributed by atoms with van der Waals surface area (Å²) in [7, 11) is 1.63. The van der Waals surface area contributed by atoms with Crippen LogP contribution in [0.3, 0.4) is 0 Å². The number of pyridine rings is 2. The van der Waals surface area contributed by atoms with Gasteiger partial charge in [0.25, 0.3) is 11.4 Å². The summed E-state index contributed by atoms with van der Waals surface area (Å²) in [5, 5.41) is 0.0684. The summed E-state index contributed by atoms with van der Waals surface area (Å²) in [4.78, 5) is 25.2. The highest BCUT2D eigenvalue weighted by atomic mass is 35.5. The number of halogens is 3. The third-order valence-electron chi connectivity index (χ3n) is 6.96. The fourth-order valence-electron chi connectivity index (χ4n) is 5.12. The fourth-order valence-corrected chi connectivity index (χ4v) is 5.46. The number of aromatic nitrogens is 2. The lowest BCUT2D eigenvalue weighted by molar-refractivity contribution is 0.150. The Morgan fingerprint density at radius 1 is 1.00 bits per heavy atom. The molecule has 3 heterocycles. The van der Waals surface area contributed by atoms with Gasteiger partial charge in [-0.2, -0.15) is 0 Å². The van der Waals surface area contributed by atoms with E-state index in [2.05, 4.69) is 21.7 Å². The van der Waals surface area contributed by atoms with Crippen LogP contribution in [0.25, 0.3) is 15.9 Å². The van der Waals surface area contributed by atoms with Crippen LogP contribution in [0, 0.1) is 18.2 Å². The van der Waals surface area contributed by atoms with Gasteiger partial charge in [-0.15, -0.1) is 4.98 Å². The number of hydrogen-bond donors (Lipinski definition) is 0. The Morgan fingerprint density at radius 2 is 1.59 bits per heavy atom. The average molecular weight is 520 g/mol. The van der Waals surface area contributed by atoms with Crippen molar-refractivity contribution >= 4 is 34.1 Å².